The van der Waals surface area contributed by atoms with E-state index in [9.17, 15) is 4.79 Å². The molecule has 17 heavy (non-hydrogen) atoms. The molecule has 2 N–H and O–H groups in total. The van der Waals surface area contributed by atoms with Crippen LogP contribution in [0.4, 0.5) is 0 Å². The van der Waals surface area contributed by atoms with E-state index in [2.05, 4.69) is 9.47 Å². The van der Waals surface area contributed by atoms with Crippen LogP contribution in [0.5, 0.6) is 0 Å². The number of carbonyl (C=O) groups excluding carboxylic acids is 1. The van der Waals surface area contributed by atoms with Gasteiger partial charge in [-0.3, -0.25) is 4.79 Å². The minimum absolute atomic E-state index is 0.0648. The first kappa shape index (κ1) is 15.6. The van der Waals surface area contributed by atoms with E-state index < -0.39 is 0 Å². The number of amides is 1. The molecule has 0 bridgehead atoms. The maximum atomic E-state index is 10.8. The summed E-state index contributed by atoms with van der Waals surface area (Å²) in [6, 6.07) is 5.54. The van der Waals surface area contributed by atoms with Gasteiger partial charge in [0, 0.05) is 19.8 Å². The van der Waals surface area contributed by atoms with Gasteiger partial charge in [-0.25, -0.2) is 0 Å². The molecule has 1 aromatic rings. The predicted octanol–water partition coefficient (Wildman–Crippen LogP) is 2.03. The van der Waals surface area contributed by atoms with Crippen LogP contribution in [-0.2, 0) is 9.47 Å². The van der Waals surface area contributed by atoms with Crippen molar-refractivity contribution < 1.29 is 14.3 Å². The number of primary amides is 1. The predicted molar refractivity (Wildman–Crippen MR) is 67.9 cm³/mol. The Balaban J connectivity index is 0.000000366. The summed E-state index contributed by atoms with van der Waals surface area (Å²) in [7, 11) is 3.21. The van der Waals surface area contributed by atoms with Gasteiger partial charge in [-0.1, -0.05) is 12.1 Å². The normalized spacial score (nSPS) is 9.76. The number of methoxy groups -OCH3 is 2. The molecule has 96 valence electrons. The summed E-state index contributed by atoms with van der Waals surface area (Å²) in [6.07, 6.45) is -0.0648. The zero-order valence-corrected chi connectivity index (χ0v) is 11.1. The molecule has 4 heteroatoms. The third kappa shape index (κ3) is 5.47. The van der Waals surface area contributed by atoms with Crippen molar-refractivity contribution in [3.05, 3.63) is 34.9 Å². The second-order valence-corrected chi connectivity index (χ2v) is 3.65. The van der Waals surface area contributed by atoms with Gasteiger partial charge in [0.15, 0.2) is 6.29 Å². The second-order valence-electron chi connectivity index (χ2n) is 3.65. The average Bonchev–Trinajstić information content (AvgIpc) is 2.32. The van der Waals surface area contributed by atoms with Gasteiger partial charge < -0.3 is 15.2 Å². The summed E-state index contributed by atoms with van der Waals surface area (Å²) < 4.78 is 9.35. The number of carbonyl (C=O) groups is 1. The molecule has 0 saturated heterocycles. The van der Waals surface area contributed by atoms with E-state index in [1.807, 2.05) is 32.9 Å². The van der Waals surface area contributed by atoms with E-state index in [4.69, 9.17) is 5.73 Å². The molecule has 1 amide bonds. The maximum absolute atomic E-state index is 10.8. The minimum atomic E-state index is -0.355. The lowest BCUT2D eigenvalue weighted by Crippen LogP contribution is -2.12. The standard InChI is InChI=1S/C9H11NO.C4H10O2/c1-6-4-3-5-8(7(6)2)9(10)11;1-4(5-2)6-3/h3-5H,1-2H3,(H2,10,11);4H,1-3H3. The molecule has 0 unspecified atom stereocenters. The number of aryl methyl sites for hydroxylation is 1. The minimum Gasteiger partial charge on any atom is -0.366 e. The fourth-order valence-electron chi connectivity index (χ4n) is 1.11. The van der Waals surface area contributed by atoms with Crippen LogP contribution in [0.15, 0.2) is 18.2 Å². The molecule has 0 radical (unpaired) electrons. The number of benzene rings is 1. The van der Waals surface area contributed by atoms with E-state index in [0.29, 0.717) is 5.56 Å². The van der Waals surface area contributed by atoms with Crippen LogP contribution in [0.2, 0.25) is 0 Å². The Morgan fingerprint density at radius 2 is 1.76 bits per heavy atom. The number of rotatable bonds is 3. The smallest absolute Gasteiger partial charge is 0.248 e. The maximum Gasteiger partial charge on any atom is 0.248 e. The van der Waals surface area contributed by atoms with Crippen LogP contribution in [0.3, 0.4) is 0 Å². The highest BCUT2D eigenvalue weighted by Crippen LogP contribution is 2.11. The third-order valence-electron chi connectivity index (χ3n) is 2.53. The summed E-state index contributed by atoms with van der Waals surface area (Å²) in [5.74, 6) is -0.355. The first-order chi connectivity index (χ1) is 7.93. The molecule has 0 fully saturated rings. The Hall–Kier alpha value is -1.39. The molecule has 0 saturated carbocycles. The van der Waals surface area contributed by atoms with Gasteiger partial charge in [-0.05, 0) is 38.0 Å². The molecule has 4 nitrogen and oxygen atoms in total. The summed E-state index contributed by atoms with van der Waals surface area (Å²) in [5, 5.41) is 0. The number of ether oxygens (including phenoxy) is 2. The van der Waals surface area contributed by atoms with E-state index in [-0.39, 0.29) is 12.2 Å². The quantitative estimate of drug-likeness (QED) is 0.821. The molecule has 1 aromatic carbocycles. The summed E-state index contributed by atoms with van der Waals surface area (Å²) in [6.45, 7) is 5.69. The van der Waals surface area contributed by atoms with Crippen LogP contribution < -0.4 is 5.73 Å². The molecular formula is C13H21NO3. The highest BCUT2D eigenvalue weighted by molar-refractivity contribution is 5.94. The zero-order chi connectivity index (χ0) is 13.4. The topological polar surface area (TPSA) is 61.6 Å². The summed E-state index contributed by atoms with van der Waals surface area (Å²) in [5.41, 5.74) is 7.83. The van der Waals surface area contributed by atoms with Gasteiger partial charge in [-0.15, -0.1) is 0 Å². The molecule has 0 atom stereocenters. The lowest BCUT2D eigenvalue weighted by atomic mass is 10.0. The summed E-state index contributed by atoms with van der Waals surface area (Å²) in [4.78, 5) is 10.8. The first-order valence-corrected chi connectivity index (χ1v) is 5.35. The van der Waals surface area contributed by atoms with Gasteiger partial charge in [0.05, 0.1) is 0 Å². The van der Waals surface area contributed by atoms with Crippen molar-refractivity contribution >= 4 is 5.91 Å². The monoisotopic (exact) mass is 239 g/mol. The summed E-state index contributed by atoms with van der Waals surface area (Å²) >= 11 is 0. The molecule has 0 aliphatic rings. The zero-order valence-electron chi connectivity index (χ0n) is 11.1. The van der Waals surface area contributed by atoms with Crippen LogP contribution in [0.25, 0.3) is 0 Å². The Kier molecular flexibility index (Phi) is 7.18. The van der Waals surface area contributed by atoms with Gasteiger partial charge in [0.1, 0.15) is 0 Å². The fraction of sp³-hybridized carbons (Fsp3) is 0.462. The SMILES string of the molecule is COC(C)OC.Cc1cccc(C(N)=O)c1C. The molecular weight excluding hydrogens is 218 g/mol. The highest BCUT2D eigenvalue weighted by atomic mass is 16.7. The van der Waals surface area contributed by atoms with Crippen LogP contribution in [0.1, 0.15) is 28.4 Å². The van der Waals surface area contributed by atoms with Crippen molar-refractivity contribution in [3.63, 3.8) is 0 Å². The Morgan fingerprint density at radius 1 is 1.24 bits per heavy atom. The van der Waals surface area contributed by atoms with Crippen molar-refractivity contribution in [3.8, 4) is 0 Å². The van der Waals surface area contributed by atoms with Crippen molar-refractivity contribution in [2.24, 2.45) is 5.73 Å². The van der Waals surface area contributed by atoms with Crippen molar-refractivity contribution in [1.29, 1.82) is 0 Å². The number of hydrogen-bond acceptors (Lipinski definition) is 3. The lowest BCUT2D eigenvalue weighted by molar-refractivity contribution is -0.0877. The van der Waals surface area contributed by atoms with E-state index in [0.717, 1.165) is 11.1 Å². The molecule has 0 spiro atoms. The van der Waals surface area contributed by atoms with Crippen LogP contribution >= 0.6 is 0 Å². The van der Waals surface area contributed by atoms with Gasteiger partial charge in [0.25, 0.3) is 0 Å². The Labute approximate surface area is 103 Å². The van der Waals surface area contributed by atoms with Crippen LogP contribution in [-0.4, -0.2) is 26.4 Å². The molecule has 0 aromatic heterocycles. The highest BCUT2D eigenvalue weighted by Gasteiger charge is 2.04. The first-order valence-electron chi connectivity index (χ1n) is 5.35. The van der Waals surface area contributed by atoms with Gasteiger partial charge in [-0.2, -0.15) is 0 Å². The van der Waals surface area contributed by atoms with E-state index >= 15 is 0 Å². The number of nitrogens with two attached hydrogens (primary N) is 1. The van der Waals surface area contributed by atoms with Crippen molar-refractivity contribution in [2.75, 3.05) is 14.2 Å². The fourth-order valence-corrected chi connectivity index (χ4v) is 1.11. The molecule has 1 rings (SSSR count). The van der Waals surface area contributed by atoms with Crippen molar-refractivity contribution in [1.82, 2.24) is 0 Å². The Morgan fingerprint density at radius 3 is 2.06 bits per heavy atom. The van der Waals surface area contributed by atoms with E-state index in [1.165, 1.54) is 0 Å². The largest absolute Gasteiger partial charge is 0.366 e. The molecule has 0 aliphatic heterocycles. The van der Waals surface area contributed by atoms with Crippen LogP contribution in [0, 0.1) is 13.8 Å². The van der Waals surface area contributed by atoms with Crippen molar-refractivity contribution in [2.45, 2.75) is 27.1 Å². The van der Waals surface area contributed by atoms with Gasteiger partial charge in [0.2, 0.25) is 5.91 Å². The molecule has 0 aliphatic carbocycles. The molecule has 0 heterocycles. The van der Waals surface area contributed by atoms with Gasteiger partial charge >= 0.3 is 0 Å². The number of hydrogen-bond donors (Lipinski definition) is 1. The second kappa shape index (κ2) is 7.81. The van der Waals surface area contributed by atoms with E-state index in [1.54, 1.807) is 20.3 Å². The Bertz CT molecular complexity index is 360. The average molecular weight is 239 g/mol. The lowest BCUT2D eigenvalue weighted by Gasteiger charge is -2.03. The third-order valence-corrected chi connectivity index (χ3v) is 2.53.